The molecule has 17 heteroatoms. The Labute approximate surface area is 523 Å². The van der Waals surface area contributed by atoms with Crippen LogP contribution in [0.4, 0.5) is 0 Å². The van der Waals surface area contributed by atoms with Crippen LogP contribution in [-0.2, 0) is 79.8 Å². The van der Waals surface area contributed by atoms with Crippen LogP contribution in [0, 0.1) is 54.3 Å². The van der Waals surface area contributed by atoms with Gasteiger partial charge in [0.1, 0.15) is 36.5 Å². The molecule has 4 bridgehead atoms. The van der Waals surface area contributed by atoms with Crippen LogP contribution in [0.5, 0.6) is 11.8 Å². The van der Waals surface area contributed by atoms with Crippen LogP contribution in [0.2, 0.25) is 0 Å². The summed E-state index contributed by atoms with van der Waals surface area (Å²) in [5.41, 5.74) is 8.50. The number of aryl methyl sites for hydroxylation is 1. The van der Waals surface area contributed by atoms with Crippen molar-refractivity contribution in [2.24, 2.45) is 35.5 Å². The number of ether oxygens (including phenoxy) is 6. The van der Waals surface area contributed by atoms with Crippen molar-refractivity contribution >= 4 is 57.5 Å². The summed E-state index contributed by atoms with van der Waals surface area (Å²) < 4.78 is 35.1. The Morgan fingerprint density at radius 3 is 1.64 bits per heavy atom. The highest BCUT2D eigenvalue weighted by molar-refractivity contribution is 5.91. The summed E-state index contributed by atoms with van der Waals surface area (Å²) in [5, 5.41) is 1.62. The third kappa shape index (κ3) is 12.8. The maximum atomic E-state index is 14.5. The number of hydrogen-bond donors (Lipinski definition) is 1. The van der Waals surface area contributed by atoms with Crippen LogP contribution < -0.4 is 14.9 Å². The molecule has 10 atom stereocenters. The number of esters is 4. The number of nitrogens with zero attached hydrogens (tertiary/aromatic N) is 3. The zero-order valence-electron chi connectivity index (χ0n) is 51.5. The van der Waals surface area contributed by atoms with Crippen LogP contribution in [0.25, 0.3) is 21.8 Å². The molecule has 4 aliphatic heterocycles. The van der Waals surface area contributed by atoms with Gasteiger partial charge in [0.15, 0.2) is 11.3 Å². The van der Waals surface area contributed by atoms with E-state index in [4.69, 9.17) is 33.4 Å². The van der Waals surface area contributed by atoms with Gasteiger partial charge in [-0.2, -0.15) is 0 Å². The van der Waals surface area contributed by atoms with Crippen LogP contribution in [0.1, 0.15) is 122 Å². The average Bonchev–Trinajstić information content (AvgIpc) is 1.84. The highest BCUT2D eigenvalue weighted by Crippen LogP contribution is 2.43. The normalized spacial score (nSPS) is 27.1. The summed E-state index contributed by atoms with van der Waals surface area (Å²) in [6, 6.07) is 29.9. The average molecular weight is 1220 g/mol. The molecule has 2 saturated carbocycles. The molecule has 0 radical (unpaired) electrons. The van der Waals surface area contributed by atoms with Gasteiger partial charge in [-0.3, -0.25) is 24.0 Å². The lowest BCUT2D eigenvalue weighted by molar-refractivity contribution is -0.156. The van der Waals surface area contributed by atoms with E-state index < -0.39 is 48.1 Å². The Morgan fingerprint density at radius 1 is 0.567 bits per heavy atom. The minimum Gasteiger partial charge on any atom is -0.473 e. The summed E-state index contributed by atoms with van der Waals surface area (Å²) in [5.74, 6) is 4.46. The fourth-order valence-electron chi connectivity index (χ4n) is 15.2. The SMILES string of the molecule is COC(=O)[C@@H]1C[C@@H]2CN1C(=O)[C@H](C1Cc3ccccc3C1)CC(=O)O[C@@H]1C[C@H]1CCCC#Cc1c(nc3ccccc3c1C)O2.COC(=O)[C@@H]1C[C@@H]2CN1C(=O)[C@H](C1Cc3ccccc3C1)CC(=O)O[C@@H]1C[C@H]1CCCCCc1c([nH]c3ccccc3c1=O)O2. The van der Waals surface area contributed by atoms with Crippen molar-refractivity contribution in [1.82, 2.24) is 19.8 Å². The summed E-state index contributed by atoms with van der Waals surface area (Å²) >= 11 is 0. The van der Waals surface area contributed by atoms with Gasteiger partial charge in [0.2, 0.25) is 17.7 Å². The smallest absolute Gasteiger partial charge is 0.328 e. The predicted octanol–water partition coefficient (Wildman–Crippen LogP) is 9.47. The van der Waals surface area contributed by atoms with E-state index in [1.54, 1.807) is 9.80 Å². The summed E-state index contributed by atoms with van der Waals surface area (Å²) in [6.07, 6.45) is 10.4. The largest absolute Gasteiger partial charge is 0.473 e. The number of para-hydroxylation sites is 2. The fourth-order valence-corrected chi connectivity index (χ4v) is 15.2. The molecule has 90 heavy (non-hydrogen) atoms. The minimum absolute atomic E-state index is 0.0162. The first-order chi connectivity index (χ1) is 43.8. The van der Waals surface area contributed by atoms with Crippen molar-refractivity contribution in [2.45, 2.75) is 159 Å². The molecule has 2 saturated heterocycles. The van der Waals surface area contributed by atoms with Crippen LogP contribution >= 0.6 is 0 Å². The Balaban J connectivity index is 0.000000165. The van der Waals surface area contributed by atoms with E-state index in [1.165, 1.54) is 36.5 Å². The molecule has 2 aromatic heterocycles. The van der Waals surface area contributed by atoms with Crippen LogP contribution in [0.3, 0.4) is 0 Å². The van der Waals surface area contributed by atoms with Crippen LogP contribution in [-0.4, -0.2) is 119 Å². The van der Waals surface area contributed by atoms with E-state index in [2.05, 4.69) is 41.1 Å². The molecule has 8 aliphatic rings. The molecule has 468 valence electrons. The van der Waals surface area contributed by atoms with Gasteiger partial charge in [-0.05, 0) is 147 Å². The lowest BCUT2D eigenvalue weighted by Gasteiger charge is -2.30. The van der Waals surface area contributed by atoms with Gasteiger partial charge in [0.25, 0.3) is 0 Å². The molecule has 6 heterocycles. The zero-order valence-corrected chi connectivity index (χ0v) is 51.5. The number of rotatable bonds is 4. The lowest BCUT2D eigenvalue weighted by atomic mass is 9.85. The van der Waals surface area contributed by atoms with Crippen molar-refractivity contribution in [3.8, 4) is 23.6 Å². The second kappa shape index (κ2) is 26.1. The van der Waals surface area contributed by atoms with Gasteiger partial charge in [-0.25, -0.2) is 14.6 Å². The number of H-pyrrole nitrogens is 1. The minimum atomic E-state index is -0.861. The number of nitrogens with one attached hydrogen (secondary N) is 1. The number of hydrogen-bond acceptors (Lipinski definition) is 14. The van der Waals surface area contributed by atoms with E-state index >= 15 is 0 Å². The second-order valence-corrected chi connectivity index (χ2v) is 26.1. The van der Waals surface area contributed by atoms with Gasteiger partial charge < -0.3 is 43.2 Å². The highest BCUT2D eigenvalue weighted by Gasteiger charge is 2.50. The van der Waals surface area contributed by atoms with Gasteiger partial charge in [-0.15, -0.1) is 0 Å². The van der Waals surface area contributed by atoms with Gasteiger partial charge >= 0.3 is 23.9 Å². The molecule has 2 amide bonds. The number of amides is 2. The van der Waals surface area contributed by atoms with Crippen molar-refractivity contribution in [2.75, 3.05) is 27.3 Å². The molecule has 4 aromatic carbocycles. The zero-order chi connectivity index (χ0) is 62.2. The van der Waals surface area contributed by atoms with Crippen molar-refractivity contribution in [1.29, 1.82) is 0 Å². The van der Waals surface area contributed by atoms with Crippen molar-refractivity contribution < 1.29 is 57.2 Å². The Bertz CT molecular complexity index is 3850. The van der Waals surface area contributed by atoms with E-state index in [0.29, 0.717) is 78.6 Å². The molecule has 6 aromatic rings. The number of fused-ring (bicyclic) bond motifs is 12. The van der Waals surface area contributed by atoms with E-state index in [9.17, 15) is 33.6 Å². The standard InChI is InChI=1S/C37H38N2O6.C36H40N2O7/c1-22-28-13-8-9-15-31(28)38-35-29(22)14-5-3-4-12-25-18-33(25)45-34(40)20-30(26-16-23-10-6-7-11-24(23)17-26)36(41)39-21-27(44-35)19-32(39)37(42)43-2;1-43-36(42)30-18-25-20-38(30)35(41)28(24-15-21-9-5-6-10-22(21)16-24)19-32(39)45-31-17-23(31)11-3-2-4-13-27-33(40)26-12-7-8-14-29(26)37-34(27)44-25/h6-11,13,15,25-27,30,32-33H,3-4,12,16-21H2,1-2H3;5-10,12,14,23-25,28,30-31H,2-4,11,13,15-20H2,1H3,(H,37,40)/t25-,27-,30+,32+,33-;23-,25-,28+,30+,31-/m11/s1. The summed E-state index contributed by atoms with van der Waals surface area (Å²) in [7, 11) is 2.64. The topological polar surface area (TPSA) is 210 Å². The highest BCUT2D eigenvalue weighted by atomic mass is 16.6. The number of carbonyl (C=O) groups excluding carboxylic acids is 6. The molecule has 17 nitrogen and oxygen atoms in total. The lowest BCUT2D eigenvalue weighted by Crippen LogP contribution is -2.46. The van der Waals surface area contributed by atoms with Crippen LogP contribution in [0.15, 0.2) is 102 Å². The fraction of sp³-hybridized carbons (Fsp3) is 0.479. The molecule has 14 rings (SSSR count). The van der Waals surface area contributed by atoms with Gasteiger partial charge in [0, 0.05) is 30.0 Å². The third-order valence-electron chi connectivity index (χ3n) is 20.3. The van der Waals surface area contributed by atoms with Crippen molar-refractivity contribution in [3.63, 3.8) is 0 Å². The molecule has 0 unspecified atom stereocenters. The molecular formula is C73H78N4O13. The molecule has 4 aliphatic carbocycles. The number of benzene rings is 4. The van der Waals surface area contributed by atoms with Crippen molar-refractivity contribution in [3.05, 3.63) is 146 Å². The number of aromatic amines is 1. The van der Waals surface area contributed by atoms with Gasteiger partial charge in [-0.1, -0.05) is 104 Å². The quantitative estimate of drug-likeness (QED) is 0.0991. The first-order valence-corrected chi connectivity index (χ1v) is 32.4. The Kier molecular flexibility index (Phi) is 17.5. The third-order valence-corrected chi connectivity index (χ3v) is 20.3. The Morgan fingerprint density at radius 2 is 1.08 bits per heavy atom. The predicted molar refractivity (Wildman–Crippen MR) is 334 cm³/mol. The summed E-state index contributed by atoms with van der Waals surface area (Å²) in [6.45, 7) is 2.35. The Hall–Kier alpha value is -8.52. The van der Waals surface area contributed by atoms with E-state index in [1.807, 2.05) is 79.7 Å². The first kappa shape index (κ1) is 60.4. The molecular weight excluding hydrogens is 1140 g/mol. The first-order valence-electron chi connectivity index (χ1n) is 32.4. The number of pyridine rings is 2. The molecule has 0 spiro atoms. The second-order valence-electron chi connectivity index (χ2n) is 26.1. The van der Waals surface area contributed by atoms with Gasteiger partial charge in [0.05, 0.1) is 74.1 Å². The maximum Gasteiger partial charge on any atom is 0.328 e. The number of methoxy groups -OCH3 is 2. The monoisotopic (exact) mass is 1220 g/mol. The summed E-state index contributed by atoms with van der Waals surface area (Å²) in [4.78, 5) is 107. The maximum absolute atomic E-state index is 14.5. The number of aromatic nitrogens is 2. The molecule has 1 N–H and O–H groups in total. The van der Waals surface area contributed by atoms with E-state index in [0.717, 1.165) is 73.4 Å². The number of carbonyl (C=O) groups is 6. The van der Waals surface area contributed by atoms with E-state index in [-0.39, 0.29) is 92.0 Å². The molecule has 4 fully saturated rings.